The maximum atomic E-state index is 9.95. The molecule has 136 valence electrons. The second-order valence-corrected chi connectivity index (χ2v) is 7.00. The third kappa shape index (κ3) is 4.72. The predicted octanol–water partition coefficient (Wildman–Crippen LogP) is 1.68. The van der Waals surface area contributed by atoms with E-state index in [-0.39, 0.29) is 12.1 Å². The van der Waals surface area contributed by atoms with E-state index < -0.39 is 0 Å². The van der Waals surface area contributed by atoms with Crippen molar-refractivity contribution in [2.24, 2.45) is 18.0 Å². The highest BCUT2D eigenvalue weighted by atomic mass is 16.3. The second-order valence-electron chi connectivity index (χ2n) is 7.00. The fourth-order valence-corrected chi connectivity index (χ4v) is 3.46. The van der Waals surface area contributed by atoms with Gasteiger partial charge >= 0.3 is 0 Å². The van der Waals surface area contributed by atoms with E-state index in [9.17, 15) is 5.11 Å². The Morgan fingerprint density at radius 1 is 1.42 bits per heavy atom. The van der Waals surface area contributed by atoms with Gasteiger partial charge in [0.15, 0.2) is 5.96 Å². The molecule has 1 aliphatic carbocycles. The highest BCUT2D eigenvalue weighted by molar-refractivity contribution is 5.80. The summed E-state index contributed by atoms with van der Waals surface area (Å²) in [5, 5.41) is 21.2. The zero-order valence-corrected chi connectivity index (χ0v) is 15.8. The fraction of sp³-hybridized carbons (Fsp3) is 0.778. The van der Waals surface area contributed by atoms with Gasteiger partial charge in [0.05, 0.1) is 11.8 Å². The molecule has 3 atom stereocenters. The summed E-state index contributed by atoms with van der Waals surface area (Å²) < 4.78 is 1.94. The number of aliphatic hydroxyl groups is 1. The van der Waals surface area contributed by atoms with Crippen molar-refractivity contribution in [1.29, 1.82) is 0 Å². The van der Waals surface area contributed by atoms with Crippen LogP contribution in [0.25, 0.3) is 0 Å². The highest BCUT2D eigenvalue weighted by Gasteiger charge is 2.24. The lowest BCUT2D eigenvalue weighted by molar-refractivity contribution is 0.136. The van der Waals surface area contributed by atoms with E-state index in [0.29, 0.717) is 12.5 Å². The molecule has 1 aromatic heterocycles. The van der Waals surface area contributed by atoms with E-state index in [1.54, 1.807) is 0 Å². The summed E-state index contributed by atoms with van der Waals surface area (Å²) in [5.41, 5.74) is 3.62. The largest absolute Gasteiger partial charge is 0.393 e. The Balaban J connectivity index is 1.95. The normalized spacial score (nSPS) is 22.7. The summed E-state index contributed by atoms with van der Waals surface area (Å²) in [4.78, 5) is 4.69. The van der Waals surface area contributed by atoms with Gasteiger partial charge in [0.25, 0.3) is 0 Å². The minimum atomic E-state index is -0.185. The third-order valence-corrected chi connectivity index (χ3v) is 5.00. The zero-order valence-electron chi connectivity index (χ0n) is 15.8. The van der Waals surface area contributed by atoms with Crippen LogP contribution in [0.15, 0.2) is 4.99 Å². The molecule has 2 rings (SSSR count). The van der Waals surface area contributed by atoms with Crippen molar-refractivity contribution in [3.05, 3.63) is 17.0 Å². The SMILES string of the molecule is CCNC(=NCC1CCCC1O)NC(C)Cc1c(C)nn(C)c1C. The monoisotopic (exact) mass is 335 g/mol. The van der Waals surface area contributed by atoms with Crippen molar-refractivity contribution in [1.82, 2.24) is 20.4 Å². The van der Waals surface area contributed by atoms with Gasteiger partial charge in [-0.15, -0.1) is 0 Å². The molecule has 0 saturated heterocycles. The quantitative estimate of drug-likeness (QED) is 0.546. The summed E-state index contributed by atoms with van der Waals surface area (Å²) in [6, 6.07) is 0.262. The number of hydrogen-bond acceptors (Lipinski definition) is 3. The van der Waals surface area contributed by atoms with Gasteiger partial charge in [-0.3, -0.25) is 9.67 Å². The molecule has 0 aromatic carbocycles. The highest BCUT2D eigenvalue weighted by Crippen LogP contribution is 2.25. The topological polar surface area (TPSA) is 74.5 Å². The Hall–Kier alpha value is -1.56. The molecule has 0 spiro atoms. The molecule has 1 fully saturated rings. The van der Waals surface area contributed by atoms with Crippen LogP contribution in [0.2, 0.25) is 0 Å². The number of aliphatic imine (C=N–C) groups is 1. The lowest BCUT2D eigenvalue weighted by Gasteiger charge is -2.19. The van der Waals surface area contributed by atoms with E-state index in [2.05, 4.69) is 43.4 Å². The number of hydrogen-bond donors (Lipinski definition) is 3. The number of aromatic nitrogens is 2. The van der Waals surface area contributed by atoms with Crippen LogP contribution in [0, 0.1) is 19.8 Å². The Labute approximate surface area is 145 Å². The molecule has 1 aliphatic rings. The van der Waals surface area contributed by atoms with Gasteiger partial charge in [0.2, 0.25) is 0 Å². The van der Waals surface area contributed by atoms with Gasteiger partial charge in [-0.1, -0.05) is 6.42 Å². The van der Waals surface area contributed by atoms with E-state index in [1.165, 1.54) is 11.3 Å². The number of nitrogens with zero attached hydrogens (tertiary/aromatic N) is 3. The van der Waals surface area contributed by atoms with Crippen LogP contribution in [0.4, 0.5) is 0 Å². The van der Waals surface area contributed by atoms with Crippen LogP contribution in [0.5, 0.6) is 0 Å². The van der Waals surface area contributed by atoms with Crippen molar-refractivity contribution in [3.8, 4) is 0 Å². The molecule has 0 bridgehead atoms. The zero-order chi connectivity index (χ0) is 17.7. The summed E-state index contributed by atoms with van der Waals surface area (Å²) in [6.45, 7) is 9.94. The standard InChI is InChI=1S/C18H33N5O/c1-6-19-18(20-11-15-8-7-9-17(15)24)21-12(2)10-16-13(3)22-23(5)14(16)4/h12,15,17,24H,6-11H2,1-5H3,(H2,19,20,21). The molecule has 1 saturated carbocycles. The van der Waals surface area contributed by atoms with Crippen LogP contribution in [-0.2, 0) is 13.5 Å². The number of nitrogens with one attached hydrogen (secondary N) is 2. The molecule has 1 aromatic rings. The van der Waals surface area contributed by atoms with Crippen LogP contribution in [-0.4, -0.2) is 46.1 Å². The van der Waals surface area contributed by atoms with E-state index in [4.69, 9.17) is 4.99 Å². The first-order valence-electron chi connectivity index (χ1n) is 9.14. The first kappa shape index (κ1) is 18.8. The summed E-state index contributed by atoms with van der Waals surface area (Å²) in [6.07, 6.45) is 3.84. The van der Waals surface area contributed by atoms with Gasteiger partial charge in [0.1, 0.15) is 0 Å². The van der Waals surface area contributed by atoms with Crippen molar-refractivity contribution in [2.75, 3.05) is 13.1 Å². The van der Waals surface area contributed by atoms with Gasteiger partial charge in [-0.05, 0) is 52.5 Å². The van der Waals surface area contributed by atoms with Gasteiger partial charge < -0.3 is 15.7 Å². The first-order valence-corrected chi connectivity index (χ1v) is 9.14. The first-order chi connectivity index (χ1) is 11.4. The van der Waals surface area contributed by atoms with Crippen molar-refractivity contribution >= 4 is 5.96 Å². The number of rotatable bonds is 6. The maximum absolute atomic E-state index is 9.95. The lowest BCUT2D eigenvalue weighted by Crippen LogP contribution is -2.43. The summed E-state index contributed by atoms with van der Waals surface area (Å²) in [5.74, 6) is 1.14. The molecular formula is C18H33N5O. The average molecular weight is 335 g/mol. The molecular weight excluding hydrogens is 302 g/mol. The van der Waals surface area contributed by atoms with E-state index >= 15 is 0 Å². The molecule has 6 heteroatoms. The minimum Gasteiger partial charge on any atom is -0.393 e. The maximum Gasteiger partial charge on any atom is 0.191 e. The van der Waals surface area contributed by atoms with Crippen LogP contribution in [0.3, 0.4) is 0 Å². The fourth-order valence-electron chi connectivity index (χ4n) is 3.46. The number of aliphatic hydroxyl groups excluding tert-OH is 1. The van der Waals surface area contributed by atoms with Crippen LogP contribution >= 0.6 is 0 Å². The Kier molecular flexibility index (Phi) is 6.66. The molecule has 24 heavy (non-hydrogen) atoms. The van der Waals surface area contributed by atoms with Crippen molar-refractivity contribution in [3.63, 3.8) is 0 Å². The molecule has 0 aliphatic heterocycles. The van der Waals surface area contributed by atoms with Crippen molar-refractivity contribution < 1.29 is 5.11 Å². The average Bonchev–Trinajstić information content (AvgIpc) is 3.03. The minimum absolute atomic E-state index is 0.185. The number of guanidine groups is 1. The molecule has 3 N–H and O–H groups in total. The van der Waals surface area contributed by atoms with Crippen LogP contribution in [0.1, 0.15) is 50.1 Å². The predicted molar refractivity (Wildman–Crippen MR) is 98.3 cm³/mol. The van der Waals surface area contributed by atoms with Gasteiger partial charge in [-0.2, -0.15) is 5.10 Å². The summed E-state index contributed by atoms with van der Waals surface area (Å²) in [7, 11) is 1.99. The number of aryl methyl sites for hydroxylation is 2. The Bertz CT molecular complexity index is 566. The van der Waals surface area contributed by atoms with E-state index in [0.717, 1.165) is 43.9 Å². The van der Waals surface area contributed by atoms with Gasteiger partial charge in [-0.25, -0.2) is 0 Å². The van der Waals surface area contributed by atoms with Gasteiger partial charge in [0, 0.05) is 37.8 Å². The Morgan fingerprint density at radius 2 is 2.17 bits per heavy atom. The lowest BCUT2D eigenvalue weighted by atomic mass is 10.1. The van der Waals surface area contributed by atoms with Crippen LogP contribution < -0.4 is 10.6 Å². The second kappa shape index (κ2) is 8.51. The molecule has 0 amide bonds. The smallest absolute Gasteiger partial charge is 0.191 e. The summed E-state index contributed by atoms with van der Waals surface area (Å²) >= 11 is 0. The van der Waals surface area contributed by atoms with E-state index in [1.807, 2.05) is 11.7 Å². The molecule has 6 nitrogen and oxygen atoms in total. The molecule has 1 heterocycles. The third-order valence-electron chi connectivity index (χ3n) is 5.00. The Morgan fingerprint density at radius 3 is 2.71 bits per heavy atom. The van der Waals surface area contributed by atoms with Crippen molar-refractivity contribution in [2.45, 2.75) is 65.5 Å². The molecule has 3 unspecified atom stereocenters. The molecule has 0 radical (unpaired) electrons.